The van der Waals surface area contributed by atoms with Gasteiger partial charge in [0.15, 0.2) is 0 Å². The van der Waals surface area contributed by atoms with Gasteiger partial charge in [0, 0.05) is 13.0 Å². The second-order valence-electron chi connectivity index (χ2n) is 2.31. The van der Waals surface area contributed by atoms with Crippen molar-refractivity contribution in [1.82, 2.24) is 4.90 Å². The van der Waals surface area contributed by atoms with Crippen molar-refractivity contribution < 1.29 is 14.7 Å². The van der Waals surface area contributed by atoms with E-state index in [-0.39, 0.29) is 12.5 Å². The first-order valence-electron chi connectivity index (χ1n) is 3.72. The van der Waals surface area contributed by atoms with E-state index in [0.717, 1.165) is 0 Å². The Morgan fingerprint density at radius 1 is 1.58 bits per heavy atom. The molecule has 0 aliphatic heterocycles. The van der Waals surface area contributed by atoms with Crippen LogP contribution >= 0.6 is 0 Å². The third kappa shape index (κ3) is 3.75. The van der Waals surface area contributed by atoms with Gasteiger partial charge in [-0.25, -0.2) is 0 Å². The van der Waals surface area contributed by atoms with Crippen molar-refractivity contribution in [2.75, 3.05) is 13.1 Å². The van der Waals surface area contributed by atoms with Crippen LogP contribution in [0.4, 0.5) is 0 Å². The Bertz CT molecular complexity index is 189. The van der Waals surface area contributed by atoms with E-state index in [1.165, 1.54) is 11.0 Å². The Morgan fingerprint density at radius 2 is 2.17 bits per heavy atom. The summed E-state index contributed by atoms with van der Waals surface area (Å²) in [5.41, 5.74) is 0. The molecule has 0 aromatic heterocycles. The number of amides is 1. The number of carbonyl (C=O) groups excluding carboxylic acids is 1. The Balaban J connectivity index is 4.11. The number of rotatable bonds is 5. The number of carbonyl (C=O) groups is 2. The van der Waals surface area contributed by atoms with Gasteiger partial charge in [0.2, 0.25) is 5.91 Å². The summed E-state index contributed by atoms with van der Waals surface area (Å²) >= 11 is 0. The van der Waals surface area contributed by atoms with Crippen LogP contribution < -0.4 is 0 Å². The lowest BCUT2D eigenvalue weighted by Gasteiger charge is -2.17. The van der Waals surface area contributed by atoms with Gasteiger partial charge in [-0.1, -0.05) is 13.0 Å². The van der Waals surface area contributed by atoms with Crippen LogP contribution in [0.1, 0.15) is 13.3 Å². The normalized spacial score (nSPS) is 9.08. The maximum Gasteiger partial charge on any atom is 0.323 e. The second kappa shape index (κ2) is 5.35. The smallest absolute Gasteiger partial charge is 0.323 e. The summed E-state index contributed by atoms with van der Waals surface area (Å²) in [6.07, 6.45) is 1.83. The lowest BCUT2D eigenvalue weighted by atomic mass is 10.3. The van der Waals surface area contributed by atoms with Gasteiger partial charge < -0.3 is 10.0 Å². The lowest BCUT2D eigenvalue weighted by molar-refractivity contribution is -0.143. The van der Waals surface area contributed by atoms with Gasteiger partial charge in [0.25, 0.3) is 0 Å². The van der Waals surface area contributed by atoms with Crippen LogP contribution in [-0.4, -0.2) is 35.0 Å². The standard InChI is InChI=1S/C8H13NO3/c1-3-5-9(6-8(11)12)7(10)4-2/h3H,1,4-6H2,2H3,(H,11,12). The van der Waals surface area contributed by atoms with Crippen molar-refractivity contribution in [2.45, 2.75) is 13.3 Å². The number of carboxylic acids is 1. The van der Waals surface area contributed by atoms with Crippen LogP contribution in [0.3, 0.4) is 0 Å². The first-order valence-corrected chi connectivity index (χ1v) is 3.72. The number of hydrogen-bond acceptors (Lipinski definition) is 2. The zero-order chi connectivity index (χ0) is 9.56. The van der Waals surface area contributed by atoms with E-state index in [4.69, 9.17) is 5.11 Å². The van der Waals surface area contributed by atoms with E-state index in [2.05, 4.69) is 6.58 Å². The highest BCUT2D eigenvalue weighted by Gasteiger charge is 2.12. The first-order chi connectivity index (χ1) is 5.61. The van der Waals surface area contributed by atoms with E-state index in [1.807, 2.05) is 0 Å². The molecule has 0 aliphatic rings. The third-order valence-corrected chi connectivity index (χ3v) is 1.33. The fraction of sp³-hybridized carbons (Fsp3) is 0.500. The highest BCUT2D eigenvalue weighted by molar-refractivity contribution is 5.81. The van der Waals surface area contributed by atoms with Gasteiger partial charge in [-0.2, -0.15) is 0 Å². The van der Waals surface area contributed by atoms with Gasteiger partial charge in [0.05, 0.1) is 0 Å². The largest absolute Gasteiger partial charge is 0.480 e. The molecule has 0 saturated carbocycles. The summed E-state index contributed by atoms with van der Waals surface area (Å²) in [5.74, 6) is -1.17. The van der Waals surface area contributed by atoms with E-state index in [1.54, 1.807) is 6.92 Å². The lowest BCUT2D eigenvalue weighted by Crippen LogP contribution is -2.35. The van der Waals surface area contributed by atoms with E-state index in [0.29, 0.717) is 13.0 Å². The monoisotopic (exact) mass is 171 g/mol. The van der Waals surface area contributed by atoms with Crippen LogP contribution in [0.2, 0.25) is 0 Å². The minimum absolute atomic E-state index is 0.169. The molecule has 0 spiro atoms. The van der Waals surface area contributed by atoms with Crippen molar-refractivity contribution in [2.24, 2.45) is 0 Å². The molecule has 68 valence electrons. The van der Waals surface area contributed by atoms with Crippen LogP contribution in [0.25, 0.3) is 0 Å². The molecule has 0 bridgehead atoms. The SMILES string of the molecule is C=CCN(CC(=O)O)C(=O)CC. The molecular weight excluding hydrogens is 158 g/mol. The molecule has 0 aromatic rings. The molecule has 0 saturated heterocycles. The van der Waals surface area contributed by atoms with Crippen LogP contribution in [0.15, 0.2) is 12.7 Å². The predicted molar refractivity (Wildman–Crippen MR) is 44.7 cm³/mol. The van der Waals surface area contributed by atoms with Gasteiger partial charge in [-0.15, -0.1) is 6.58 Å². The summed E-state index contributed by atoms with van der Waals surface area (Å²) in [6, 6.07) is 0. The summed E-state index contributed by atoms with van der Waals surface area (Å²) in [7, 11) is 0. The summed E-state index contributed by atoms with van der Waals surface area (Å²) in [4.78, 5) is 22.6. The minimum Gasteiger partial charge on any atom is -0.480 e. The molecule has 4 heteroatoms. The predicted octanol–water partition coefficient (Wildman–Crippen LogP) is 0.496. The Labute approximate surface area is 71.5 Å². The zero-order valence-electron chi connectivity index (χ0n) is 7.12. The van der Waals surface area contributed by atoms with Gasteiger partial charge in [0.1, 0.15) is 6.54 Å². The molecule has 0 fully saturated rings. The third-order valence-electron chi connectivity index (χ3n) is 1.33. The number of carboxylic acid groups (broad SMARTS) is 1. The molecule has 4 nitrogen and oxygen atoms in total. The average molecular weight is 171 g/mol. The molecular formula is C8H13NO3. The molecule has 0 atom stereocenters. The highest BCUT2D eigenvalue weighted by atomic mass is 16.4. The van der Waals surface area contributed by atoms with Crippen molar-refractivity contribution in [3.05, 3.63) is 12.7 Å². The fourth-order valence-electron chi connectivity index (χ4n) is 0.797. The zero-order valence-corrected chi connectivity index (χ0v) is 7.12. The molecule has 1 amide bonds. The summed E-state index contributed by atoms with van der Waals surface area (Å²) < 4.78 is 0. The molecule has 12 heavy (non-hydrogen) atoms. The Hall–Kier alpha value is -1.32. The summed E-state index contributed by atoms with van der Waals surface area (Å²) in [6.45, 7) is 5.17. The Kier molecular flexibility index (Phi) is 4.76. The quantitative estimate of drug-likeness (QED) is 0.612. The minimum atomic E-state index is -1.00. The second-order valence-corrected chi connectivity index (χ2v) is 2.31. The number of aliphatic carboxylic acids is 1. The van der Waals surface area contributed by atoms with Gasteiger partial charge in [-0.05, 0) is 0 Å². The molecule has 0 unspecified atom stereocenters. The maximum atomic E-state index is 11.1. The Morgan fingerprint density at radius 3 is 2.50 bits per heavy atom. The van der Waals surface area contributed by atoms with Gasteiger partial charge >= 0.3 is 5.97 Å². The fourth-order valence-corrected chi connectivity index (χ4v) is 0.797. The first kappa shape index (κ1) is 10.7. The van der Waals surface area contributed by atoms with Crippen LogP contribution in [-0.2, 0) is 9.59 Å². The molecule has 0 rings (SSSR count). The molecule has 0 heterocycles. The highest BCUT2D eigenvalue weighted by Crippen LogP contribution is 1.93. The molecule has 1 N–H and O–H groups in total. The number of nitrogens with zero attached hydrogens (tertiary/aromatic N) is 1. The molecule has 0 radical (unpaired) electrons. The number of hydrogen-bond donors (Lipinski definition) is 1. The topological polar surface area (TPSA) is 57.6 Å². The van der Waals surface area contributed by atoms with Gasteiger partial charge in [-0.3, -0.25) is 9.59 Å². The maximum absolute atomic E-state index is 11.1. The van der Waals surface area contributed by atoms with Crippen molar-refractivity contribution in [1.29, 1.82) is 0 Å². The molecule has 0 aliphatic carbocycles. The van der Waals surface area contributed by atoms with E-state index >= 15 is 0 Å². The van der Waals surface area contributed by atoms with E-state index in [9.17, 15) is 9.59 Å². The summed E-state index contributed by atoms with van der Waals surface area (Å²) in [5, 5.41) is 8.43. The van der Waals surface area contributed by atoms with E-state index < -0.39 is 5.97 Å². The molecule has 0 aromatic carbocycles. The van der Waals surface area contributed by atoms with Crippen molar-refractivity contribution in [3.63, 3.8) is 0 Å². The van der Waals surface area contributed by atoms with Crippen molar-refractivity contribution in [3.8, 4) is 0 Å². The van der Waals surface area contributed by atoms with Crippen LogP contribution in [0, 0.1) is 0 Å². The van der Waals surface area contributed by atoms with Crippen LogP contribution in [0.5, 0.6) is 0 Å². The average Bonchev–Trinajstić information content (AvgIpc) is 2.01. The van der Waals surface area contributed by atoms with Crippen molar-refractivity contribution >= 4 is 11.9 Å².